The third-order valence-electron chi connectivity index (χ3n) is 2.43. The van der Waals surface area contributed by atoms with Crippen LogP contribution in [0.15, 0.2) is 24.2 Å². The van der Waals surface area contributed by atoms with Crippen molar-refractivity contribution in [1.82, 2.24) is 14.9 Å². The Morgan fingerprint density at radius 2 is 2.57 bits per heavy atom. The maximum Gasteiger partial charge on any atom is 0.0945 e. The minimum Gasteiger partial charge on any atom is -0.337 e. The highest BCUT2D eigenvalue weighted by Crippen LogP contribution is 2.12. The summed E-state index contributed by atoms with van der Waals surface area (Å²) in [6.07, 6.45) is 6.81. The van der Waals surface area contributed by atoms with Crippen LogP contribution < -0.4 is 5.32 Å². The van der Waals surface area contributed by atoms with Crippen LogP contribution >= 0.6 is 11.6 Å². The Hall–Kier alpha value is -0.800. The first-order valence-electron chi connectivity index (χ1n) is 4.75. The van der Waals surface area contributed by atoms with E-state index in [2.05, 4.69) is 16.4 Å². The smallest absolute Gasteiger partial charge is 0.0945 e. The zero-order valence-electron chi connectivity index (χ0n) is 8.20. The van der Waals surface area contributed by atoms with Gasteiger partial charge < -0.3 is 9.88 Å². The second kappa shape index (κ2) is 4.15. The van der Waals surface area contributed by atoms with Crippen molar-refractivity contribution in [3.8, 4) is 0 Å². The zero-order chi connectivity index (χ0) is 9.97. The quantitative estimate of drug-likeness (QED) is 0.587. The number of imidazole rings is 1. The van der Waals surface area contributed by atoms with Gasteiger partial charge in [-0.3, -0.25) is 0 Å². The van der Waals surface area contributed by atoms with E-state index in [0.717, 1.165) is 19.5 Å². The Morgan fingerprint density at radius 3 is 3.21 bits per heavy atom. The van der Waals surface area contributed by atoms with Crippen LogP contribution in [0.3, 0.4) is 0 Å². The number of nitrogens with zero attached hydrogens (tertiary/aromatic N) is 2. The number of alkyl halides is 1. The van der Waals surface area contributed by atoms with Gasteiger partial charge in [-0.25, -0.2) is 4.98 Å². The molecule has 2 heterocycles. The maximum absolute atomic E-state index is 6.03. The standard InChI is InChI=1S/C10H14ClN3/c1-14-7-13-6-10(14)3-8-2-9(11)5-12-4-8/h2,6-7,9,12H,3-5H2,1H3. The molecule has 3 nitrogen and oxygen atoms in total. The van der Waals surface area contributed by atoms with Crippen molar-refractivity contribution in [2.24, 2.45) is 7.05 Å². The van der Waals surface area contributed by atoms with Gasteiger partial charge in [0.25, 0.3) is 0 Å². The van der Waals surface area contributed by atoms with Crippen molar-refractivity contribution in [1.29, 1.82) is 0 Å². The highest BCUT2D eigenvalue weighted by atomic mass is 35.5. The Bertz CT molecular complexity index is 343. The van der Waals surface area contributed by atoms with Crippen molar-refractivity contribution in [2.75, 3.05) is 13.1 Å². The molecule has 0 radical (unpaired) electrons. The molecular formula is C10H14ClN3. The molecule has 1 N–H and O–H groups in total. The SMILES string of the molecule is Cn1cncc1CC1=CC(Cl)CNC1. The van der Waals surface area contributed by atoms with E-state index in [0.29, 0.717) is 0 Å². The van der Waals surface area contributed by atoms with E-state index in [9.17, 15) is 0 Å². The third kappa shape index (κ3) is 2.16. The largest absolute Gasteiger partial charge is 0.337 e. The van der Waals surface area contributed by atoms with Crippen molar-refractivity contribution < 1.29 is 0 Å². The molecule has 0 aliphatic carbocycles. The van der Waals surface area contributed by atoms with Crippen molar-refractivity contribution in [2.45, 2.75) is 11.8 Å². The van der Waals surface area contributed by atoms with E-state index < -0.39 is 0 Å². The number of aromatic nitrogens is 2. The molecular weight excluding hydrogens is 198 g/mol. The summed E-state index contributed by atoms with van der Waals surface area (Å²) in [6.45, 7) is 1.81. The molecule has 0 fully saturated rings. The molecule has 1 atom stereocenters. The number of aryl methyl sites for hydroxylation is 1. The molecule has 0 spiro atoms. The van der Waals surface area contributed by atoms with E-state index >= 15 is 0 Å². The lowest BCUT2D eigenvalue weighted by Gasteiger charge is -2.17. The molecule has 1 aliphatic heterocycles. The molecule has 0 amide bonds. The van der Waals surface area contributed by atoms with Gasteiger partial charge in [-0.1, -0.05) is 11.6 Å². The van der Waals surface area contributed by atoms with Gasteiger partial charge in [-0.05, 0) is 0 Å². The second-order valence-electron chi connectivity index (χ2n) is 3.64. The first-order valence-corrected chi connectivity index (χ1v) is 5.19. The Balaban J connectivity index is 2.07. The van der Waals surface area contributed by atoms with E-state index in [1.165, 1.54) is 11.3 Å². The van der Waals surface area contributed by atoms with Crippen LogP contribution in [0.1, 0.15) is 5.69 Å². The van der Waals surface area contributed by atoms with Gasteiger partial charge in [0, 0.05) is 38.4 Å². The lowest BCUT2D eigenvalue weighted by Crippen LogP contribution is -2.30. The van der Waals surface area contributed by atoms with Crippen molar-refractivity contribution in [3.63, 3.8) is 0 Å². The Kier molecular flexibility index (Phi) is 2.89. The van der Waals surface area contributed by atoms with Crippen molar-refractivity contribution in [3.05, 3.63) is 29.9 Å². The van der Waals surface area contributed by atoms with Crippen LogP contribution in [0.5, 0.6) is 0 Å². The summed E-state index contributed by atoms with van der Waals surface area (Å²) in [6, 6.07) is 0. The van der Waals surface area contributed by atoms with Gasteiger partial charge in [0.05, 0.1) is 11.7 Å². The van der Waals surface area contributed by atoms with Crippen LogP contribution in [0.4, 0.5) is 0 Å². The van der Waals surface area contributed by atoms with Gasteiger partial charge in [0.1, 0.15) is 0 Å². The molecule has 1 aromatic rings. The average Bonchev–Trinajstić information content (AvgIpc) is 2.52. The average molecular weight is 212 g/mol. The number of nitrogens with one attached hydrogen (secondary N) is 1. The lowest BCUT2D eigenvalue weighted by atomic mass is 10.1. The third-order valence-corrected chi connectivity index (χ3v) is 2.71. The molecule has 0 saturated heterocycles. The molecule has 2 rings (SSSR count). The number of hydrogen-bond acceptors (Lipinski definition) is 2. The lowest BCUT2D eigenvalue weighted by molar-refractivity contribution is 0.687. The highest BCUT2D eigenvalue weighted by Gasteiger charge is 2.11. The molecule has 14 heavy (non-hydrogen) atoms. The number of halogens is 1. The summed E-state index contributed by atoms with van der Waals surface area (Å²) in [4.78, 5) is 4.09. The van der Waals surface area contributed by atoms with Gasteiger partial charge >= 0.3 is 0 Å². The molecule has 76 valence electrons. The van der Waals surface area contributed by atoms with Crippen LogP contribution in [-0.2, 0) is 13.5 Å². The van der Waals surface area contributed by atoms with E-state index in [4.69, 9.17) is 11.6 Å². The van der Waals surface area contributed by atoms with Crippen LogP contribution in [0.25, 0.3) is 0 Å². The van der Waals surface area contributed by atoms with Gasteiger partial charge in [0.15, 0.2) is 0 Å². The second-order valence-corrected chi connectivity index (χ2v) is 4.21. The number of rotatable bonds is 2. The highest BCUT2D eigenvalue weighted by molar-refractivity contribution is 6.22. The monoisotopic (exact) mass is 211 g/mol. The van der Waals surface area contributed by atoms with E-state index in [1.54, 1.807) is 0 Å². The summed E-state index contributed by atoms with van der Waals surface area (Å²) >= 11 is 6.03. The van der Waals surface area contributed by atoms with Gasteiger partial charge in [0.2, 0.25) is 0 Å². The predicted octanol–water partition coefficient (Wildman–Crippen LogP) is 1.10. The first kappa shape index (κ1) is 9.74. The van der Waals surface area contributed by atoms with Gasteiger partial charge in [-0.15, -0.1) is 11.6 Å². The molecule has 0 bridgehead atoms. The topological polar surface area (TPSA) is 29.9 Å². The number of hydrogen-bond donors (Lipinski definition) is 1. The van der Waals surface area contributed by atoms with E-state index in [1.807, 2.05) is 24.1 Å². The molecule has 4 heteroatoms. The van der Waals surface area contributed by atoms with Crippen LogP contribution in [-0.4, -0.2) is 28.0 Å². The maximum atomic E-state index is 6.03. The fourth-order valence-corrected chi connectivity index (χ4v) is 1.94. The molecule has 1 aromatic heterocycles. The summed E-state index contributed by atoms with van der Waals surface area (Å²) in [7, 11) is 2.01. The minimum atomic E-state index is 0.131. The van der Waals surface area contributed by atoms with Gasteiger partial charge in [-0.2, -0.15) is 0 Å². The molecule has 0 aromatic carbocycles. The zero-order valence-corrected chi connectivity index (χ0v) is 8.96. The van der Waals surface area contributed by atoms with Crippen LogP contribution in [0, 0.1) is 0 Å². The fraction of sp³-hybridized carbons (Fsp3) is 0.500. The predicted molar refractivity (Wildman–Crippen MR) is 57.5 cm³/mol. The summed E-state index contributed by atoms with van der Waals surface area (Å²) in [5.41, 5.74) is 2.57. The van der Waals surface area contributed by atoms with Crippen molar-refractivity contribution >= 4 is 11.6 Å². The molecule has 0 saturated carbocycles. The fourth-order valence-electron chi connectivity index (χ4n) is 1.65. The molecule has 1 unspecified atom stereocenters. The normalized spacial score (nSPS) is 22.1. The van der Waals surface area contributed by atoms with E-state index in [-0.39, 0.29) is 5.38 Å². The Labute approximate surface area is 88.8 Å². The summed E-state index contributed by atoms with van der Waals surface area (Å²) in [5.74, 6) is 0. The van der Waals surface area contributed by atoms with Crippen LogP contribution in [0.2, 0.25) is 0 Å². The summed E-state index contributed by atoms with van der Waals surface area (Å²) < 4.78 is 2.04. The summed E-state index contributed by atoms with van der Waals surface area (Å²) in [5, 5.41) is 3.42. The molecule has 1 aliphatic rings. The minimum absolute atomic E-state index is 0.131. The Morgan fingerprint density at radius 1 is 1.71 bits per heavy atom. The first-order chi connectivity index (χ1) is 6.75.